The minimum Gasteiger partial charge on any atom is -0.493 e. The molecular formula is C26H25F3N4O6S. The topological polar surface area (TPSA) is 142 Å². The van der Waals surface area contributed by atoms with E-state index in [0.717, 1.165) is 43.0 Å². The van der Waals surface area contributed by atoms with Gasteiger partial charge in [0.05, 0.1) is 25.5 Å². The number of aromatic nitrogens is 1. The SMILES string of the molecule is COc1ccc(C(=O)NCc2cccc(C(=O)Nc3nc4c(s3)C[C@H](N)CC4)c2)c(OC(=O)C(F)(F)F)c1OC. The number of rotatable bonds is 8. The molecule has 1 atom stereocenters. The number of hydrogen-bond donors (Lipinski definition) is 3. The van der Waals surface area contributed by atoms with Gasteiger partial charge in [-0.05, 0) is 49.1 Å². The van der Waals surface area contributed by atoms with Gasteiger partial charge in [0.25, 0.3) is 11.8 Å². The van der Waals surface area contributed by atoms with E-state index in [1.807, 2.05) is 0 Å². The fourth-order valence-electron chi connectivity index (χ4n) is 4.05. The third-order valence-corrected chi connectivity index (χ3v) is 7.05. The molecule has 4 rings (SSSR count). The lowest BCUT2D eigenvalue weighted by molar-refractivity contribution is -0.189. The van der Waals surface area contributed by atoms with Gasteiger partial charge in [0.15, 0.2) is 16.6 Å². The van der Waals surface area contributed by atoms with Crippen LogP contribution in [-0.4, -0.2) is 49.2 Å². The highest BCUT2D eigenvalue weighted by atomic mass is 32.1. The molecule has 14 heteroatoms. The molecule has 1 aliphatic rings. The summed E-state index contributed by atoms with van der Waals surface area (Å²) >= 11 is 1.39. The monoisotopic (exact) mass is 578 g/mol. The number of ether oxygens (including phenoxy) is 3. The maximum atomic E-state index is 12.9. The number of esters is 1. The van der Waals surface area contributed by atoms with Crippen molar-refractivity contribution in [2.24, 2.45) is 5.73 Å². The van der Waals surface area contributed by atoms with Gasteiger partial charge in [-0.3, -0.25) is 14.9 Å². The number of thiazole rings is 1. The Hall–Kier alpha value is -4.17. The Morgan fingerprint density at radius 1 is 1.10 bits per heavy atom. The summed E-state index contributed by atoms with van der Waals surface area (Å²) in [7, 11) is 2.35. The van der Waals surface area contributed by atoms with E-state index in [-0.39, 0.29) is 24.1 Å². The summed E-state index contributed by atoms with van der Waals surface area (Å²) in [5, 5.41) is 5.80. The van der Waals surface area contributed by atoms with E-state index >= 15 is 0 Å². The second kappa shape index (κ2) is 11.9. The van der Waals surface area contributed by atoms with Gasteiger partial charge in [0, 0.05) is 23.0 Å². The van der Waals surface area contributed by atoms with Crippen molar-refractivity contribution in [2.75, 3.05) is 19.5 Å². The maximum Gasteiger partial charge on any atom is 0.491 e. The van der Waals surface area contributed by atoms with Crippen LogP contribution in [0, 0.1) is 0 Å². The zero-order valence-electron chi connectivity index (χ0n) is 21.4. The Morgan fingerprint density at radius 2 is 1.88 bits per heavy atom. The molecule has 3 aromatic rings. The van der Waals surface area contributed by atoms with Crippen LogP contribution in [0.2, 0.25) is 0 Å². The van der Waals surface area contributed by atoms with Crippen molar-refractivity contribution in [2.45, 2.75) is 38.0 Å². The Morgan fingerprint density at radius 3 is 2.58 bits per heavy atom. The Balaban J connectivity index is 1.47. The van der Waals surface area contributed by atoms with Gasteiger partial charge in [-0.15, -0.1) is 11.3 Å². The number of amides is 2. The van der Waals surface area contributed by atoms with Crippen molar-refractivity contribution >= 4 is 34.3 Å². The van der Waals surface area contributed by atoms with Crippen molar-refractivity contribution in [1.82, 2.24) is 10.3 Å². The number of fused-ring (bicyclic) bond motifs is 1. The number of nitrogens with one attached hydrogen (secondary N) is 2. The molecule has 2 amide bonds. The number of methoxy groups -OCH3 is 2. The largest absolute Gasteiger partial charge is 0.493 e. The summed E-state index contributed by atoms with van der Waals surface area (Å²) in [5.41, 5.74) is 7.39. The van der Waals surface area contributed by atoms with Crippen LogP contribution < -0.4 is 30.6 Å². The summed E-state index contributed by atoms with van der Waals surface area (Å²) < 4.78 is 53.2. The van der Waals surface area contributed by atoms with Crippen molar-refractivity contribution in [3.63, 3.8) is 0 Å². The molecule has 4 N–H and O–H groups in total. The van der Waals surface area contributed by atoms with Gasteiger partial charge in [-0.1, -0.05) is 12.1 Å². The smallest absolute Gasteiger partial charge is 0.491 e. The maximum absolute atomic E-state index is 12.9. The second-order valence-electron chi connectivity index (χ2n) is 8.79. The number of nitrogens with two attached hydrogens (primary N) is 1. The Kier molecular flexibility index (Phi) is 8.59. The molecule has 1 aromatic heterocycles. The molecule has 0 saturated heterocycles. The number of carbonyl (C=O) groups is 3. The first-order valence-corrected chi connectivity index (χ1v) is 12.8. The molecule has 0 spiro atoms. The lowest BCUT2D eigenvalue weighted by Crippen LogP contribution is -2.30. The summed E-state index contributed by atoms with van der Waals surface area (Å²) in [4.78, 5) is 42.9. The summed E-state index contributed by atoms with van der Waals surface area (Å²) in [6.45, 7) is -0.0929. The number of hydrogen-bond acceptors (Lipinski definition) is 9. The second-order valence-corrected chi connectivity index (χ2v) is 9.88. The van der Waals surface area contributed by atoms with Gasteiger partial charge < -0.3 is 25.3 Å². The Labute approximate surface area is 230 Å². The number of benzene rings is 2. The Bertz CT molecular complexity index is 1440. The zero-order chi connectivity index (χ0) is 29.0. The molecule has 0 aliphatic heterocycles. The van der Waals surface area contributed by atoms with Crippen LogP contribution in [0.15, 0.2) is 36.4 Å². The average molecular weight is 579 g/mol. The van der Waals surface area contributed by atoms with Crippen LogP contribution in [0.25, 0.3) is 0 Å². The summed E-state index contributed by atoms with van der Waals surface area (Å²) in [5.74, 6) is -4.95. The predicted octanol–water partition coefficient (Wildman–Crippen LogP) is 3.63. The average Bonchev–Trinajstić information content (AvgIpc) is 3.32. The number of aryl methyl sites for hydroxylation is 1. The molecule has 0 saturated carbocycles. The van der Waals surface area contributed by atoms with Crippen LogP contribution in [0.3, 0.4) is 0 Å². The van der Waals surface area contributed by atoms with Gasteiger partial charge >= 0.3 is 12.1 Å². The number of alkyl halides is 3. The van der Waals surface area contributed by atoms with Crippen LogP contribution in [0.1, 0.15) is 43.3 Å². The fraction of sp³-hybridized carbons (Fsp3) is 0.308. The molecule has 10 nitrogen and oxygen atoms in total. The number of nitrogens with zero attached hydrogens (tertiary/aromatic N) is 1. The molecule has 40 heavy (non-hydrogen) atoms. The van der Waals surface area contributed by atoms with Gasteiger partial charge in [-0.2, -0.15) is 13.2 Å². The van der Waals surface area contributed by atoms with E-state index in [0.29, 0.717) is 16.3 Å². The van der Waals surface area contributed by atoms with Crippen LogP contribution >= 0.6 is 11.3 Å². The number of carbonyl (C=O) groups excluding carboxylic acids is 3. The van der Waals surface area contributed by atoms with Gasteiger partial charge in [0.1, 0.15) is 0 Å². The lowest BCUT2D eigenvalue weighted by atomic mass is 9.99. The van der Waals surface area contributed by atoms with E-state index in [1.165, 1.54) is 24.5 Å². The number of halogens is 3. The third kappa shape index (κ3) is 6.51. The summed E-state index contributed by atoms with van der Waals surface area (Å²) in [6, 6.07) is 8.92. The number of anilines is 1. The molecule has 0 radical (unpaired) electrons. The standard InChI is InChI=1S/C26H25F3N4O6S/c1-37-18-9-7-16(20(21(18)38-2)39-24(36)26(27,28)29)23(35)31-12-13-4-3-5-14(10-13)22(34)33-25-32-17-8-6-15(30)11-19(17)40-25/h3-5,7,9-10,15H,6,8,11-12,30H2,1-2H3,(H,31,35)(H,32,33,34)/t15-/m1/s1. The van der Waals surface area contributed by atoms with E-state index in [1.54, 1.807) is 24.3 Å². The molecule has 212 valence electrons. The molecule has 0 bridgehead atoms. The lowest BCUT2D eigenvalue weighted by Gasteiger charge is -2.17. The van der Waals surface area contributed by atoms with Crippen LogP contribution in [-0.2, 0) is 24.2 Å². The first-order valence-electron chi connectivity index (χ1n) is 12.0. The quantitative estimate of drug-likeness (QED) is 0.272. The van der Waals surface area contributed by atoms with Crippen LogP contribution in [0.5, 0.6) is 17.2 Å². The van der Waals surface area contributed by atoms with Crippen molar-refractivity contribution in [3.05, 3.63) is 63.7 Å². The van der Waals surface area contributed by atoms with Gasteiger partial charge in [0.2, 0.25) is 5.75 Å². The highest BCUT2D eigenvalue weighted by Gasteiger charge is 2.42. The first kappa shape index (κ1) is 28.8. The highest BCUT2D eigenvalue weighted by molar-refractivity contribution is 7.15. The predicted molar refractivity (Wildman–Crippen MR) is 139 cm³/mol. The van der Waals surface area contributed by atoms with Gasteiger partial charge in [-0.25, -0.2) is 9.78 Å². The van der Waals surface area contributed by atoms with E-state index < -0.39 is 35.3 Å². The van der Waals surface area contributed by atoms with E-state index in [2.05, 4.69) is 20.4 Å². The third-order valence-electron chi connectivity index (χ3n) is 6.01. The minimum atomic E-state index is -5.31. The first-order chi connectivity index (χ1) is 19.0. The molecule has 1 aliphatic carbocycles. The molecule has 2 aromatic carbocycles. The highest BCUT2D eigenvalue weighted by Crippen LogP contribution is 2.41. The van der Waals surface area contributed by atoms with Crippen molar-refractivity contribution < 1.29 is 41.8 Å². The molecule has 1 heterocycles. The normalized spacial score (nSPS) is 14.6. The fourth-order valence-corrected chi connectivity index (χ4v) is 5.15. The van der Waals surface area contributed by atoms with Crippen molar-refractivity contribution in [3.8, 4) is 17.2 Å². The zero-order valence-corrected chi connectivity index (χ0v) is 22.2. The minimum absolute atomic E-state index is 0.0494. The van der Waals surface area contributed by atoms with Crippen molar-refractivity contribution in [1.29, 1.82) is 0 Å². The molecule has 0 unspecified atom stereocenters. The molecule has 0 fully saturated rings. The van der Waals surface area contributed by atoms with E-state index in [9.17, 15) is 27.6 Å². The molecular weight excluding hydrogens is 553 g/mol. The van der Waals surface area contributed by atoms with E-state index in [4.69, 9.17) is 15.2 Å². The summed E-state index contributed by atoms with van der Waals surface area (Å²) in [6.07, 6.45) is -2.99. The van der Waals surface area contributed by atoms with Crippen LogP contribution in [0.4, 0.5) is 18.3 Å².